The predicted octanol–water partition coefficient (Wildman–Crippen LogP) is 1.09. The quantitative estimate of drug-likeness (QED) is 0.492. The number of aromatic hydroxyl groups is 2. The van der Waals surface area contributed by atoms with Gasteiger partial charge in [0.2, 0.25) is 0 Å². The third-order valence-corrected chi connectivity index (χ3v) is 1.50. The maximum absolute atomic E-state index is 9.36. The van der Waals surface area contributed by atoms with Crippen LogP contribution >= 0.6 is 0 Å². The predicted molar refractivity (Wildman–Crippen MR) is 61.0 cm³/mol. The Morgan fingerprint density at radius 2 is 1.62 bits per heavy atom. The Hall–Kier alpha value is -2.94. The lowest BCUT2D eigenvalue weighted by Gasteiger charge is -1.95. The molecular formula is C14H6O2. The second-order valence-corrected chi connectivity index (χ2v) is 2.60. The van der Waals surface area contributed by atoms with Crippen molar-refractivity contribution in [3.05, 3.63) is 23.8 Å². The van der Waals surface area contributed by atoms with Gasteiger partial charge in [0.15, 0.2) is 0 Å². The van der Waals surface area contributed by atoms with Crippen molar-refractivity contribution in [3.63, 3.8) is 0 Å². The van der Waals surface area contributed by atoms with E-state index in [1.54, 1.807) is 0 Å². The monoisotopic (exact) mass is 206 g/mol. The molecule has 0 saturated carbocycles. The van der Waals surface area contributed by atoms with E-state index in [1.807, 2.05) is 0 Å². The van der Waals surface area contributed by atoms with Crippen LogP contribution in [0.4, 0.5) is 0 Å². The first kappa shape index (κ1) is 11.1. The molecule has 74 valence electrons. The Morgan fingerprint density at radius 1 is 0.938 bits per heavy atom. The molecule has 0 aliphatic rings. The van der Waals surface area contributed by atoms with Crippen LogP contribution in [0.5, 0.6) is 11.5 Å². The van der Waals surface area contributed by atoms with Crippen LogP contribution in [0.25, 0.3) is 0 Å². The highest BCUT2D eigenvalue weighted by molar-refractivity contribution is 5.51. The van der Waals surface area contributed by atoms with Crippen LogP contribution in [0.15, 0.2) is 18.2 Å². The summed E-state index contributed by atoms with van der Waals surface area (Å²) in [7, 11) is 0. The van der Waals surface area contributed by atoms with Crippen molar-refractivity contribution in [2.75, 3.05) is 0 Å². The summed E-state index contributed by atoms with van der Waals surface area (Å²) < 4.78 is 0. The van der Waals surface area contributed by atoms with Gasteiger partial charge in [-0.25, -0.2) is 0 Å². The van der Waals surface area contributed by atoms with Crippen LogP contribution in [-0.2, 0) is 0 Å². The molecule has 0 aliphatic heterocycles. The van der Waals surface area contributed by atoms with Gasteiger partial charge in [0.05, 0.1) is 5.56 Å². The van der Waals surface area contributed by atoms with Gasteiger partial charge in [0.1, 0.15) is 11.5 Å². The molecule has 0 radical (unpaired) electrons. The number of benzene rings is 1. The minimum absolute atomic E-state index is 0.0122. The zero-order valence-electron chi connectivity index (χ0n) is 8.20. The molecule has 1 aromatic rings. The summed E-state index contributed by atoms with van der Waals surface area (Å²) in [5.74, 6) is 16.7. The van der Waals surface area contributed by atoms with Gasteiger partial charge >= 0.3 is 0 Å². The molecule has 0 aromatic heterocycles. The second-order valence-electron chi connectivity index (χ2n) is 2.60. The molecular weight excluding hydrogens is 200 g/mol. The van der Waals surface area contributed by atoms with Crippen LogP contribution in [0.1, 0.15) is 5.56 Å². The van der Waals surface area contributed by atoms with E-state index in [2.05, 4.69) is 41.4 Å². The summed E-state index contributed by atoms with van der Waals surface area (Å²) in [5, 5.41) is 18.5. The molecule has 1 aromatic carbocycles. The number of hydrogen-bond acceptors (Lipinski definition) is 2. The second kappa shape index (κ2) is 5.72. The number of terminal acetylenes is 1. The highest BCUT2D eigenvalue weighted by Gasteiger charge is 1.97. The van der Waals surface area contributed by atoms with E-state index in [0.717, 1.165) is 0 Å². The molecule has 0 saturated heterocycles. The maximum Gasteiger partial charge on any atom is 0.131 e. The Kier molecular flexibility index (Phi) is 3.98. The van der Waals surface area contributed by atoms with Crippen LogP contribution in [-0.4, -0.2) is 10.2 Å². The molecule has 0 heterocycles. The normalized spacial score (nSPS) is 6.94. The Labute approximate surface area is 93.9 Å². The summed E-state index contributed by atoms with van der Waals surface area (Å²) in [4.78, 5) is 0. The van der Waals surface area contributed by atoms with Gasteiger partial charge in [-0.15, -0.1) is 6.42 Å². The van der Waals surface area contributed by atoms with Crippen molar-refractivity contribution in [1.82, 2.24) is 0 Å². The van der Waals surface area contributed by atoms with Crippen molar-refractivity contribution in [3.8, 4) is 59.4 Å². The highest BCUT2D eigenvalue weighted by Crippen LogP contribution is 2.20. The van der Waals surface area contributed by atoms with Crippen LogP contribution < -0.4 is 0 Å². The van der Waals surface area contributed by atoms with Gasteiger partial charge in [-0.3, -0.25) is 0 Å². The van der Waals surface area contributed by atoms with Crippen LogP contribution in [0, 0.1) is 47.9 Å². The Bertz CT molecular complexity index is 614. The van der Waals surface area contributed by atoms with E-state index in [-0.39, 0.29) is 11.5 Å². The first-order valence-corrected chi connectivity index (χ1v) is 4.22. The van der Waals surface area contributed by atoms with Crippen molar-refractivity contribution in [2.45, 2.75) is 0 Å². The average Bonchev–Trinajstić information content (AvgIpc) is 2.28. The SMILES string of the molecule is C#CC#CC#CC#Cc1cc(O)ccc1O. The fraction of sp³-hybridized carbons (Fsp3) is 0. The molecule has 16 heavy (non-hydrogen) atoms. The molecule has 2 heteroatoms. The fourth-order valence-corrected chi connectivity index (χ4v) is 0.853. The number of hydrogen-bond donors (Lipinski definition) is 2. The highest BCUT2D eigenvalue weighted by atomic mass is 16.3. The molecule has 0 fully saturated rings. The van der Waals surface area contributed by atoms with Crippen molar-refractivity contribution >= 4 is 0 Å². The minimum atomic E-state index is -0.0122. The summed E-state index contributed by atoms with van der Waals surface area (Å²) in [6.45, 7) is 0. The third kappa shape index (κ3) is 3.43. The number of phenolic OH excluding ortho intramolecular Hbond substituents is 2. The minimum Gasteiger partial charge on any atom is -0.508 e. The molecule has 0 aliphatic carbocycles. The van der Waals surface area contributed by atoms with Gasteiger partial charge in [-0.1, -0.05) is 0 Å². The van der Waals surface area contributed by atoms with Gasteiger partial charge in [-0.2, -0.15) is 0 Å². The summed E-state index contributed by atoms with van der Waals surface area (Å²) >= 11 is 0. The zero-order valence-corrected chi connectivity index (χ0v) is 8.20. The largest absolute Gasteiger partial charge is 0.508 e. The summed E-state index contributed by atoms with van der Waals surface area (Å²) in [6, 6.07) is 4.06. The zero-order chi connectivity index (χ0) is 11.8. The van der Waals surface area contributed by atoms with Crippen molar-refractivity contribution < 1.29 is 10.2 Å². The van der Waals surface area contributed by atoms with E-state index in [0.29, 0.717) is 5.56 Å². The lowest BCUT2D eigenvalue weighted by atomic mass is 10.2. The van der Waals surface area contributed by atoms with Crippen molar-refractivity contribution in [2.24, 2.45) is 0 Å². The fourth-order valence-electron chi connectivity index (χ4n) is 0.853. The molecule has 0 unspecified atom stereocenters. The van der Waals surface area contributed by atoms with Gasteiger partial charge in [-0.05, 0) is 59.6 Å². The van der Waals surface area contributed by atoms with E-state index < -0.39 is 0 Å². The van der Waals surface area contributed by atoms with E-state index in [1.165, 1.54) is 18.2 Å². The Morgan fingerprint density at radius 3 is 2.38 bits per heavy atom. The molecule has 0 amide bonds. The molecule has 2 nitrogen and oxygen atoms in total. The number of phenols is 2. The molecule has 0 spiro atoms. The maximum atomic E-state index is 9.36. The van der Waals surface area contributed by atoms with Crippen molar-refractivity contribution in [1.29, 1.82) is 0 Å². The van der Waals surface area contributed by atoms with E-state index in [4.69, 9.17) is 11.5 Å². The molecule has 1 rings (SSSR count). The van der Waals surface area contributed by atoms with Gasteiger partial charge in [0.25, 0.3) is 0 Å². The first-order valence-electron chi connectivity index (χ1n) is 4.22. The first-order chi connectivity index (χ1) is 7.74. The smallest absolute Gasteiger partial charge is 0.131 e. The van der Waals surface area contributed by atoms with E-state index >= 15 is 0 Å². The van der Waals surface area contributed by atoms with Gasteiger partial charge < -0.3 is 10.2 Å². The number of rotatable bonds is 0. The lowest BCUT2D eigenvalue weighted by molar-refractivity contribution is 0.459. The summed E-state index contributed by atoms with van der Waals surface area (Å²) in [6.07, 6.45) is 4.88. The van der Waals surface area contributed by atoms with Crippen LogP contribution in [0.3, 0.4) is 0 Å². The third-order valence-electron chi connectivity index (χ3n) is 1.50. The summed E-state index contributed by atoms with van der Waals surface area (Å²) in [5.41, 5.74) is 0.305. The standard InChI is InChI=1S/C14H6O2/c1-2-3-4-5-6-7-8-12-11-13(15)9-10-14(12)16/h1,9-11,15-16H. The lowest BCUT2D eigenvalue weighted by Crippen LogP contribution is -1.75. The molecule has 0 bridgehead atoms. The molecule has 2 N–H and O–H groups in total. The topological polar surface area (TPSA) is 40.5 Å². The van der Waals surface area contributed by atoms with Gasteiger partial charge in [0, 0.05) is 0 Å². The van der Waals surface area contributed by atoms with E-state index in [9.17, 15) is 5.11 Å². The molecule has 0 atom stereocenters. The van der Waals surface area contributed by atoms with Crippen LogP contribution in [0.2, 0.25) is 0 Å². The Balaban J connectivity index is 2.88. The average molecular weight is 206 g/mol.